The van der Waals surface area contributed by atoms with Gasteiger partial charge in [-0.05, 0) is 49.1 Å². The summed E-state index contributed by atoms with van der Waals surface area (Å²) in [6, 6.07) is 17.6. The van der Waals surface area contributed by atoms with Gasteiger partial charge in [0.15, 0.2) is 0 Å². The lowest BCUT2D eigenvalue weighted by molar-refractivity contribution is -0.00207. The van der Waals surface area contributed by atoms with Gasteiger partial charge >= 0.3 is 0 Å². The van der Waals surface area contributed by atoms with E-state index in [2.05, 4.69) is 4.90 Å². The first kappa shape index (κ1) is 24.4. The van der Waals surface area contributed by atoms with Crippen LogP contribution in [0.4, 0.5) is 0 Å². The van der Waals surface area contributed by atoms with Crippen LogP contribution in [0.2, 0.25) is 0 Å². The molecule has 1 aromatic heterocycles. The van der Waals surface area contributed by atoms with Crippen LogP contribution in [-0.4, -0.2) is 62.2 Å². The first-order valence-electron chi connectivity index (χ1n) is 12.0. The Morgan fingerprint density at radius 3 is 2.74 bits per heavy atom. The number of aromatic nitrogens is 1. The molecule has 1 atom stereocenters. The van der Waals surface area contributed by atoms with Crippen LogP contribution in [0.1, 0.15) is 18.9 Å². The maximum absolute atomic E-state index is 13.6. The predicted octanol–water partition coefficient (Wildman–Crippen LogP) is 4.07. The van der Waals surface area contributed by atoms with Crippen molar-refractivity contribution in [1.82, 2.24) is 9.47 Å². The first-order valence-corrected chi connectivity index (χ1v) is 12.0. The Kier molecular flexibility index (Phi) is 8.71. The number of nitrogens with zero attached hydrogens (tertiary/aromatic N) is 2. The Bertz CT molecular complexity index is 1120. The van der Waals surface area contributed by atoms with Gasteiger partial charge in [0.1, 0.15) is 11.5 Å². The molecule has 0 radical (unpaired) electrons. The van der Waals surface area contributed by atoms with Crippen molar-refractivity contribution in [3.8, 4) is 11.5 Å². The Morgan fingerprint density at radius 2 is 1.94 bits per heavy atom. The van der Waals surface area contributed by atoms with Gasteiger partial charge in [-0.25, -0.2) is 0 Å². The van der Waals surface area contributed by atoms with Gasteiger partial charge in [-0.15, -0.1) is 0 Å². The van der Waals surface area contributed by atoms with Crippen LogP contribution in [0.5, 0.6) is 11.5 Å². The maximum atomic E-state index is 13.6. The molecule has 7 nitrogen and oxygen atoms in total. The van der Waals surface area contributed by atoms with Crippen LogP contribution in [0.25, 0.3) is 10.9 Å². The molecule has 0 aliphatic carbocycles. The summed E-state index contributed by atoms with van der Waals surface area (Å²) in [5.41, 5.74) is 1.63. The second-order valence-electron chi connectivity index (χ2n) is 8.50. The highest BCUT2D eigenvalue weighted by molar-refractivity contribution is 5.81. The number of benzene rings is 2. The van der Waals surface area contributed by atoms with Gasteiger partial charge in [-0.2, -0.15) is 0 Å². The lowest BCUT2D eigenvalue weighted by atomic mass is 10.1. The zero-order valence-corrected chi connectivity index (χ0v) is 20.1. The lowest BCUT2D eigenvalue weighted by Crippen LogP contribution is -2.36. The number of pyridine rings is 1. The fourth-order valence-corrected chi connectivity index (χ4v) is 4.38. The molecule has 0 spiro atoms. The number of hydrogen-bond donors (Lipinski definition) is 0. The highest BCUT2D eigenvalue weighted by Gasteiger charge is 2.21. The van der Waals surface area contributed by atoms with E-state index in [0.29, 0.717) is 45.3 Å². The average molecular weight is 467 g/mol. The molecule has 1 aliphatic rings. The minimum Gasteiger partial charge on any atom is -0.457 e. The molecule has 182 valence electrons. The molecular weight excluding hydrogens is 432 g/mol. The highest BCUT2D eigenvalue weighted by atomic mass is 16.5. The van der Waals surface area contributed by atoms with E-state index in [1.54, 1.807) is 7.11 Å². The molecule has 1 unspecified atom stereocenters. The second-order valence-corrected chi connectivity index (χ2v) is 8.50. The smallest absolute Gasteiger partial charge is 0.255 e. The highest BCUT2D eigenvalue weighted by Crippen LogP contribution is 2.26. The molecule has 4 rings (SSSR count). The summed E-state index contributed by atoms with van der Waals surface area (Å²) in [4.78, 5) is 15.9. The average Bonchev–Trinajstić information content (AvgIpc) is 3.07. The molecule has 1 fully saturated rings. The lowest BCUT2D eigenvalue weighted by Gasteiger charge is -2.24. The van der Waals surface area contributed by atoms with E-state index in [9.17, 15) is 4.79 Å². The van der Waals surface area contributed by atoms with Crippen molar-refractivity contribution in [1.29, 1.82) is 0 Å². The van der Waals surface area contributed by atoms with Crippen molar-refractivity contribution in [3.05, 3.63) is 70.5 Å². The summed E-state index contributed by atoms with van der Waals surface area (Å²) >= 11 is 0. The van der Waals surface area contributed by atoms with Gasteiger partial charge in [0, 0.05) is 58.1 Å². The van der Waals surface area contributed by atoms with Crippen LogP contribution in [0.3, 0.4) is 0 Å². The van der Waals surface area contributed by atoms with Gasteiger partial charge in [-0.1, -0.05) is 18.2 Å². The third kappa shape index (κ3) is 6.24. The van der Waals surface area contributed by atoms with E-state index >= 15 is 0 Å². The van der Waals surface area contributed by atoms with Crippen molar-refractivity contribution in [3.63, 3.8) is 0 Å². The molecule has 2 heterocycles. The fourth-order valence-electron chi connectivity index (χ4n) is 4.38. The number of rotatable bonds is 10. The quantitative estimate of drug-likeness (QED) is 0.420. The Morgan fingerprint density at radius 1 is 1.09 bits per heavy atom. The molecule has 0 saturated carbocycles. The number of ether oxygens (including phenoxy) is 4. The van der Waals surface area contributed by atoms with Crippen LogP contribution in [0, 0.1) is 0 Å². The van der Waals surface area contributed by atoms with E-state index < -0.39 is 0 Å². The van der Waals surface area contributed by atoms with Crippen LogP contribution < -0.4 is 10.3 Å². The zero-order valence-electron chi connectivity index (χ0n) is 20.1. The summed E-state index contributed by atoms with van der Waals surface area (Å²) in [5, 5.41) is 1.01. The van der Waals surface area contributed by atoms with Crippen LogP contribution in [0.15, 0.2) is 59.4 Å². The summed E-state index contributed by atoms with van der Waals surface area (Å²) in [7, 11) is 1.69. The first-order chi connectivity index (χ1) is 16.7. The molecule has 0 N–H and O–H groups in total. The standard InChI is InChI=1S/C27H34N2O5/c1-3-32-15-13-29-26-17-24(34-23-8-5-4-6-9-23)11-10-21(26)16-22(27(29)30)18-28-12-7-14-33-25(19-28)20-31-2/h4-6,8-11,16-17,25H,3,7,12-15,18-20H2,1-2H3. The van der Waals surface area contributed by atoms with Gasteiger partial charge < -0.3 is 23.5 Å². The van der Waals surface area contributed by atoms with Crippen LogP contribution >= 0.6 is 0 Å². The van der Waals surface area contributed by atoms with E-state index in [1.165, 1.54) is 0 Å². The Hall–Kier alpha value is -2.71. The summed E-state index contributed by atoms with van der Waals surface area (Å²) in [6.45, 7) is 7.02. The molecular formula is C27H34N2O5. The molecule has 1 aliphatic heterocycles. The molecule has 34 heavy (non-hydrogen) atoms. The molecule has 2 aromatic carbocycles. The van der Waals surface area contributed by atoms with Gasteiger partial charge in [0.25, 0.3) is 5.56 Å². The zero-order chi connectivity index (χ0) is 23.8. The summed E-state index contributed by atoms with van der Waals surface area (Å²) in [6.07, 6.45) is 0.956. The number of hydrogen-bond acceptors (Lipinski definition) is 6. The number of methoxy groups -OCH3 is 1. The summed E-state index contributed by atoms with van der Waals surface area (Å²) in [5.74, 6) is 1.46. The van der Waals surface area contributed by atoms with Crippen molar-refractivity contribution in [2.75, 3.05) is 46.6 Å². The van der Waals surface area contributed by atoms with E-state index in [-0.39, 0.29) is 11.7 Å². The topological polar surface area (TPSA) is 62.2 Å². The van der Waals surface area contributed by atoms with Crippen LogP contribution in [-0.2, 0) is 27.3 Å². The largest absolute Gasteiger partial charge is 0.457 e. The minimum atomic E-state index is 0.0116. The van der Waals surface area contributed by atoms with Crippen molar-refractivity contribution < 1.29 is 18.9 Å². The third-order valence-electron chi connectivity index (χ3n) is 5.97. The molecule has 1 saturated heterocycles. The Labute approximate surface area is 200 Å². The number of fused-ring (bicyclic) bond motifs is 1. The second kappa shape index (κ2) is 12.1. The molecule has 0 bridgehead atoms. The van der Waals surface area contributed by atoms with Crippen molar-refractivity contribution in [2.45, 2.75) is 32.5 Å². The molecule has 0 amide bonds. The number of para-hydroxylation sites is 1. The van der Waals surface area contributed by atoms with Gasteiger partial charge in [0.2, 0.25) is 0 Å². The van der Waals surface area contributed by atoms with Crippen molar-refractivity contribution in [2.24, 2.45) is 0 Å². The monoisotopic (exact) mass is 466 g/mol. The van der Waals surface area contributed by atoms with Gasteiger partial charge in [-0.3, -0.25) is 9.69 Å². The van der Waals surface area contributed by atoms with Crippen molar-refractivity contribution >= 4 is 10.9 Å². The van der Waals surface area contributed by atoms with E-state index in [0.717, 1.165) is 41.7 Å². The van der Waals surface area contributed by atoms with E-state index in [4.69, 9.17) is 18.9 Å². The fraction of sp³-hybridized carbons (Fsp3) is 0.444. The third-order valence-corrected chi connectivity index (χ3v) is 5.97. The normalized spacial score (nSPS) is 17.1. The minimum absolute atomic E-state index is 0.0116. The van der Waals surface area contributed by atoms with E-state index in [1.807, 2.05) is 66.1 Å². The maximum Gasteiger partial charge on any atom is 0.255 e. The predicted molar refractivity (Wildman–Crippen MR) is 133 cm³/mol. The summed E-state index contributed by atoms with van der Waals surface area (Å²) < 4.78 is 24.6. The molecule has 3 aromatic rings. The SMILES string of the molecule is CCOCCn1c(=O)c(CN2CCCOC(COC)C2)cc2ccc(Oc3ccccc3)cc21. The van der Waals surface area contributed by atoms with Gasteiger partial charge in [0.05, 0.1) is 24.8 Å². The Balaban J connectivity index is 1.65. The molecule has 7 heteroatoms.